The zero-order valence-electron chi connectivity index (χ0n) is 17.1. The van der Waals surface area contributed by atoms with Crippen LogP contribution in [0.25, 0.3) is 0 Å². The van der Waals surface area contributed by atoms with Crippen molar-refractivity contribution in [2.24, 2.45) is 0 Å². The first-order valence-electron chi connectivity index (χ1n) is 9.99. The summed E-state index contributed by atoms with van der Waals surface area (Å²) in [7, 11) is 3.06. The molecule has 2 aromatic carbocycles. The van der Waals surface area contributed by atoms with Crippen LogP contribution in [0.4, 0.5) is 11.4 Å². The molecule has 2 N–H and O–H groups in total. The molecule has 4 rings (SSSR count). The van der Waals surface area contributed by atoms with Gasteiger partial charge in [-0.25, -0.2) is 4.90 Å². The molecule has 8 heteroatoms. The van der Waals surface area contributed by atoms with Crippen molar-refractivity contribution in [3.63, 3.8) is 0 Å². The van der Waals surface area contributed by atoms with E-state index in [1.807, 2.05) is 12.1 Å². The maximum absolute atomic E-state index is 13.2. The molecule has 2 fully saturated rings. The molecule has 30 heavy (non-hydrogen) atoms. The lowest BCUT2D eigenvalue weighted by Gasteiger charge is -2.35. The third kappa shape index (κ3) is 3.66. The largest absolute Gasteiger partial charge is 0.508 e. The number of carbonyl (C=O) groups excluding carboxylic acids is 2. The first-order chi connectivity index (χ1) is 14.5. The molecule has 0 aromatic heterocycles. The highest BCUT2D eigenvalue weighted by Gasteiger charge is 2.47. The number of phenolic OH excluding ortho intramolecular Hbond substituents is 1. The van der Waals surface area contributed by atoms with Gasteiger partial charge in [0.15, 0.2) is 6.04 Å². The molecule has 158 valence electrons. The Kier molecular flexibility index (Phi) is 5.50. The highest BCUT2D eigenvalue weighted by molar-refractivity contribution is 6.22. The molecule has 0 saturated carbocycles. The molecule has 1 atom stereocenters. The average Bonchev–Trinajstić information content (AvgIpc) is 3.07. The van der Waals surface area contributed by atoms with Crippen LogP contribution in [0.3, 0.4) is 0 Å². The summed E-state index contributed by atoms with van der Waals surface area (Å²) in [6.45, 7) is 3.09. The van der Waals surface area contributed by atoms with E-state index in [0.717, 1.165) is 36.8 Å². The summed E-state index contributed by atoms with van der Waals surface area (Å²) in [5, 5.41) is 9.47. The minimum atomic E-state index is -0.383. The second kappa shape index (κ2) is 8.23. The van der Waals surface area contributed by atoms with Crippen LogP contribution >= 0.6 is 0 Å². The zero-order valence-corrected chi connectivity index (χ0v) is 17.1. The summed E-state index contributed by atoms with van der Waals surface area (Å²) in [6.07, 6.45) is 0.197. The van der Waals surface area contributed by atoms with Gasteiger partial charge in [-0.1, -0.05) is 0 Å². The Morgan fingerprint density at radius 3 is 2.33 bits per heavy atom. The summed E-state index contributed by atoms with van der Waals surface area (Å²) in [4.78, 5) is 30.5. The number of piperazine rings is 1. The smallest absolute Gasteiger partial charge is 0.292 e. The summed E-state index contributed by atoms with van der Waals surface area (Å²) < 4.78 is 10.6. The lowest BCUT2D eigenvalue weighted by Crippen LogP contribution is -3.19. The summed E-state index contributed by atoms with van der Waals surface area (Å²) >= 11 is 0. The fourth-order valence-electron chi connectivity index (χ4n) is 4.24. The molecule has 8 nitrogen and oxygen atoms in total. The van der Waals surface area contributed by atoms with Crippen LogP contribution in [0.5, 0.6) is 17.2 Å². The van der Waals surface area contributed by atoms with E-state index in [-0.39, 0.29) is 30.0 Å². The van der Waals surface area contributed by atoms with Crippen molar-refractivity contribution in [1.82, 2.24) is 0 Å². The number of nitrogens with zero attached hydrogens (tertiary/aromatic N) is 2. The Hall–Kier alpha value is -3.26. The number of ether oxygens (including phenoxy) is 2. The summed E-state index contributed by atoms with van der Waals surface area (Å²) in [6, 6.07) is 11.8. The van der Waals surface area contributed by atoms with Gasteiger partial charge in [0.2, 0.25) is 5.91 Å². The second-order valence-corrected chi connectivity index (χ2v) is 7.52. The number of phenols is 1. The van der Waals surface area contributed by atoms with E-state index in [0.29, 0.717) is 17.2 Å². The van der Waals surface area contributed by atoms with Crippen molar-refractivity contribution in [2.75, 3.05) is 50.2 Å². The third-order valence-corrected chi connectivity index (χ3v) is 5.89. The number of nitrogens with one attached hydrogen (secondary N) is 1. The fraction of sp³-hybridized carbons (Fsp3) is 0.364. The number of carbonyl (C=O) groups is 2. The number of methoxy groups -OCH3 is 2. The van der Waals surface area contributed by atoms with Gasteiger partial charge in [0.05, 0.1) is 52.5 Å². The van der Waals surface area contributed by atoms with Crippen molar-refractivity contribution < 1.29 is 29.1 Å². The van der Waals surface area contributed by atoms with E-state index in [1.165, 1.54) is 12.0 Å². The average molecular weight is 412 g/mol. The first-order valence-corrected chi connectivity index (χ1v) is 9.99. The number of anilines is 2. The minimum absolute atomic E-state index is 0.184. The van der Waals surface area contributed by atoms with Gasteiger partial charge in [-0.05, 0) is 36.4 Å². The zero-order chi connectivity index (χ0) is 21.3. The molecule has 0 radical (unpaired) electrons. The molecule has 2 aromatic rings. The summed E-state index contributed by atoms with van der Waals surface area (Å²) in [5.74, 6) is 0.886. The van der Waals surface area contributed by atoms with Crippen LogP contribution in [0.15, 0.2) is 42.5 Å². The van der Waals surface area contributed by atoms with E-state index in [1.54, 1.807) is 37.4 Å². The normalized spacial score (nSPS) is 20.0. The molecule has 2 aliphatic rings. The van der Waals surface area contributed by atoms with E-state index >= 15 is 0 Å². The van der Waals surface area contributed by atoms with E-state index < -0.39 is 0 Å². The van der Waals surface area contributed by atoms with Gasteiger partial charge in [0.25, 0.3) is 5.91 Å². The third-order valence-electron chi connectivity index (χ3n) is 5.89. The van der Waals surface area contributed by atoms with Crippen molar-refractivity contribution in [3.05, 3.63) is 42.5 Å². The van der Waals surface area contributed by atoms with E-state index in [4.69, 9.17) is 9.47 Å². The Bertz CT molecular complexity index is 938. The molecular weight excluding hydrogens is 386 g/mol. The highest BCUT2D eigenvalue weighted by atomic mass is 16.5. The quantitative estimate of drug-likeness (QED) is 0.694. The Balaban J connectivity index is 1.47. The van der Waals surface area contributed by atoms with Crippen molar-refractivity contribution >= 4 is 23.2 Å². The van der Waals surface area contributed by atoms with Crippen LogP contribution in [-0.4, -0.2) is 63.4 Å². The fourth-order valence-corrected chi connectivity index (χ4v) is 4.24. The second-order valence-electron chi connectivity index (χ2n) is 7.52. The van der Waals surface area contributed by atoms with E-state index in [2.05, 4.69) is 4.90 Å². The van der Waals surface area contributed by atoms with Crippen LogP contribution in [0.2, 0.25) is 0 Å². The Labute approximate surface area is 175 Å². The van der Waals surface area contributed by atoms with Gasteiger partial charge in [-0.15, -0.1) is 0 Å². The van der Waals surface area contributed by atoms with Crippen molar-refractivity contribution in [1.29, 1.82) is 0 Å². The number of rotatable bonds is 5. The van der Waals surface area contributed by atoms with Crippen molar-refractivity contribution in [3.8, 4) is 17.2 Å². The number of aromatic hydroxyl groups is 1. The maximum atomic E-state index is 13.2. The van der Waals surface area contributed by atoms with E-state index in [9.17, 15) is 14.7 Å². The van der Waals surface area contributed by atoms with Gasteiger partial charge >= 0.3 is 0 Å². The predicted molar refractivity (Wildman–Crippen MR) is 111 cm³/mol. The highest BCUT2D eigenvalue weighted by Crippen LogP contribution is 2.34. The topological polar surface area (TPSA) is 83.8 Å². The molecule has 0 aliphatic carbocycles. The lowest BCUT2D eigenvalue weighted by molar-refractivity contribution is -0.915. The van der Waals surface area contributed by atoms with Gasteiger partial charge in [0, 0.05) is 11.8 Å². The van der Waals surface area contributed by atoms with Gasteiger partial charge in [0.1, 0.15) is 17.2 Å². The van der Waals surface area contributed by atoms with Crippen LogP contribution in [-0.2, 0) is 9.59 Å². The monoisotopic (exact) mass is 412 g/mol. The maximum Gasteiger partial charge on any atom is 0.292 e. The van der Waals surface area contributed by atoms with Gasteiger partial charge < -0.3 is 24.4 Å². The molecule has 0 bridgehead atoms. The van der Waals surface area contributed by atoms with Gasteiger partial charge in [-0.2, -0.15) is 0 Å². The number of imide groups is 1. The molecule has 2 aliphatic heterocycles. The van der Waals surface area contributed by atoms with Gasteiger partial charge in [-0.3, -0.25) is 9.59 Å². The van der Waals surface area contributed by atoms with Crippen LogP contribution in [0.1, 0.15) is 6.42 Å². The lowest BCUT2D eigenvalue weighted by atomic mass is 10.1. The number of amides is 2. The number of benzene rings is 2. The Morgan fingerprint density at radius 2 is 1.70 bits per heavy atom. The minimum Gasteiger partial charge on any atom is -0.508 e. The molecule has 2 amide bonds. The standard InChI is InChI=1S/C22H25N3O5/c1-29-17-7-8-18(20(13-17)30-2)25-21(27)14-19(22(25)28)24-11-9-23(10-12-24)15-3-5-16(26)6-4-15/h3-8,13,19,26H,9-12,14H2,1-2H3/p+1/t19-/m0/s1. The van der Waals surface area contributed by atoms with Crippen molar-refractivity contribution in [2.45, 2.75) is 12.5 Å². The molecule has 0 unspecified atom stereocenters. The predicted octanol–water partition coefficient (Wildman–Crippen LogP) is 0.446. The first kappa shape index (κ1) is 20.0. The molecule has 2 saturated heterocycles. The molecule has 2 heterocycles. The Morgan fingerprint density at radius 1 is 1.00 bits per heavy atom. The molecule has 0 spiro atoms. The molecular formula is C22H26N3O5+. The van der Waals surface area contributed by atoms with Crippen LogP contribution < -0.4 is 24.2 Å². The number of hydrogen-bond acceptors (Lipinski definition) is 6. The SMILES string of the molecule is COc1ccc(N2C(=O)C[C@H]([NH+]3CCN(c4ccc(O)cc4)CC3)C2=O)c(OC)c1. The number of quaternary nitrogens is 1. The number of hydrogen-bond donors (Lipinski definition) is 2. The van der Waals surface area contributed by atoms with Crippen LogP contribution in [0, 0.1) is 0 Å². The summed E-state index contributed by atoms with van der Waals surface area (Å²) in [5.41, 5.74) is 1.50.